The van der Waals surface area contributed by atoms with Crippen molar-refractivity contribution in [2.45, 2.75) is 19.9 Å². The molecule has 0 aromatic carbocycles. The van der Waals surface area contributed by atoms with Crippen LogP contribution in [0.2, 0.25) is 0 Å². The second-order valence-electron chi connectivity index (χ2n) is 4.20. The molecule has 3 N–H and O–H groups in total. The number of nitrogens with one attached hydrogen (secondary N) is 1. The SMILES string of the molecule is Cc1cc(C(=O)NCCCn2ccnn2)cc(N)n1. The summed E-state index contributed by atoms with van der Waals surface area (Å²) in [5.41, 5.74) is 6.87. The summed E-state index contributed by atoms with van der Waals surface area (Å²) in [4.78, 5) is 15.9. The van der Waals surface area contributed by atoms with Gasteiger partial charge in [-0.05, 0) is 25.5 Å². The standard InChI is InChI=1S/C12H16N6O/c1-9-7-10(8-11(13)16-9)12(19)14-3-2-5-18-6-4-15-17-18/h4,6-8H,2-3,5H2,1H3,(H2,13,16)(H,14,19). The monoisotopic (exact) mass is 260 g/mol. The van der Waals surface area contributed by atoms with Gasteiger partial charge in [0, 0.05) is 30.5 Å². The summed E-state index contributed by atoms with van der Waals surface area (Å²) in [5, 5.41) is 10.4. The van der Waals surface area contributed by atoms with Gasteiger partial charge >= 0.3 is 0 Å². The fourth-order valence-corrected chi connectivity index (χ4v) is 1.72. The van der Waals surface area contributed by atoms with Crippen LogP contribution in [0, 0.1) is 6.92 Å². The van der Waals surface area contributed by atoms with Gasteiger partial charge in [-0.25, -0.2) is 4.98 Å². The third-order valence-corrected chi connectivity index (χ3v) is 2.56. The molecule has 1 amide bonds. The highest BCUT2D eigenvalue weighted by Crippen LogP contribution is 2.06. The van der Waals surface area contributed by atoms with E-state index in [0.717, 1.165) is 18.7 Å². The summed E-state index contributed by atoms with van der Waals surface area (Å²) < 4.78 is 1.72. The lowest BCUT2D eigenvalue weighted by atomic mass is 10.2. The number of nitrogens with two attached hydrogens (primary N) is 1. The van der Waals surface area contributed by atoms with Crippen molar-refractivity contribution in [2.24, 2.45) is 0 Å². The van der Waals surface area contributed by atoms with Gasteiger partial charge in [-0.1, -0.05) is 5.21 Å². The minimum absolute atomic E-state index is 0.143. The van der Waals surface area contributed by atoms with Gasteiger partial charge in [0.2, 0.25) is 0 Å². The second-order valence-corrected chi connectivity index (χ2v) is 4.20. The van der Waals surface area contributed by atoms with Crippen molar-refractivity contribution in [3.8, 4) is 0 Å². The molecule has 2 aromatic heterocycles. The molecule has 2 rings (SSSR count). The van der Waals surface area contributed by atoms with Crippen molar-refractivity contribution < 1.29 is 4.79 Å². The van der Waals surface area contributed by atoms with Crippen LogP contribution in [0.15, 0.2) is 24.5 Å². The molecule has 0 aliphatic rings. The number of amides is 1. The van der Waals surface area contributed by atoms with Crippen molar-refractivity contribution in [1.82, 2.24) is 25.3 Å². The van der Waals surface area contributed by atoms with Crippen molar-refractivity contribution >= 4 is 11.7 Å². The Morgan fingerprint density at radius 2 is 2.32 bits per heavy atom. The van der Waals surface area contributed by atoms with Gasteiger partial charge in [0.1, 0.15) is 5.82 Å². The molecule has 19 heavy (non-hydrogen) atoms. The van der Waals surface area contributed by atoms with Gasteiger partial charge in [0.25, 0.3) is 5.91 Å². The van der Waals surface area contributed by atoms with Crippen LogP contribution in [0.1, 0.15) is 22.5 Å². The number of hydrogen-bond acceptors (Lipinski definition) is 5. The lowest BCUT2D eigenvalue weighted by molar-refractivity contribution is 0.0952. The number of hydrogen-bond donors (Lipinski definition) is 2. The van der Waals surface area contributed by atoms with Gasteiger partial charge in [-0.2, -0.15) is 0 Å². The molecule has 0 aliphatic carbocycles. The molecule has 7 nitrogen and oxygen atoms in total. The molecule has 7 heteroatoms. The topological polar surface area (TPSA) is 98.7 Å². The number of carbonyl (C=O) groups excluding carboxylic acids is 1. The Morgan fingerprint density at radius 3 is 3.00 bits per heavy atom. The number of nitrogens with zero attached hydrogens (tertiary/aromatic N) is 4. The Labute approximate surface area is 110 Å². The highest BCUT2D eigenvalue weighted by atomic mass is 16.1. The van der Waals surface area contributed by atoms with Gasteiger partial charge < -0.3 is 11.1 Å². The Balaban J connectivity index is 1.80. The zero-order chi connectivity index (χ0) is 13.7. The zero-order valence-corrected chi connectivity index (χ0v) is 10.7. The molecular formula is C12H16N6O. The first-order valence-corrected chi connectivity index (χ1v) is 6.01. The summed E-state index contributed by atoms with van der Waals surface area (Å²) in [6, 6.07) is 3.28. The average molecular weight is 260 g/mol. The van der Waals surface area contributed by atoms with Crippen molar-refractivity contribution in [1.29, 1.82) is 0 Å². The number of rotatable bonds is 5. The molecular weight excluding hydrogens is 244 g/mol. The molecule has 2 aromatic rings. The maximum Gasteiger partial charge on any atom is 0.251 e. The van der Waals surface area contributed by atoms with Crippen molar-refractivity contribution in [3.05, 3.63) is 35.8 Å². The second kappa shape index (κ2) is 5.94. The van der Waals surface area contributed by atoms with Crippen LogP contribution in [0.25, 0.3) is 0 Å². The third kappa shape index (κ3) is 3.77. The summed E-state index contributed by atoms with van der Waals surface area (Å²) in [5.74, 6) is 0.212. The van der Waals surface area contributed by atoms with Crippen LogP contribution in [0.3, 0.4) is 0 Å². The molecule has 100 valence electrons. The lowest BCUT2D eigenvalue weighted by Crippen LogP contribution is -2.25. The van der Waals surface area contributed by atoms with Crippen molar-refractivity contribution in [2.75, 3.05) is 12.3 Å². The van der Waals surface area contributed by atoms with E-state index in [9.17, 15) is 4.79 Å². The Kier molecular flexibility index (Phi) is 4.07. The summed E-state index contributed by atoms with van der Waals surface area (Å²) >= 11 is 0. The molecule has 0 aliphatic heterocycles. The van der Waals surface area contributed by atoms with E-state index < -0.39 is 0 Å². The Morgan fingerprint density at radius 1 is 1.47 bits per heavy atom. The maximum atomic E-state index is 11.9. The molecule has 0 saturated carbocycles. The predicted molar refractivity (Wildman–Crippen MR) is 70.4 cm³/mol. The van der Waals surface area contributed by atoms with Crippen LogP contribution < -0.4 is 11.1 Å². The minimum atomic E-state index is -0.143. The summed E-state index contributed by atoms with van der Waals surface area (Å²) in [6.45, 7) is 3.09. The lowest BCUT2D eigenvalue weighted by Gasteiger charge is -2.06. The molecule has 0 bridgehead atoms. The number of nitrogen functional groups attached to an aromatic ring is 1. The van der Waals surface area contributed by atoms with E-state index in [1.165, 1.54) is 0 Å². The average Bonchev–Trinajstić information content (AvgIpc) is 2.86. The number of carbonyl (C=O) groups is 1. The van der Waals surface area contributed by atoms with E-state index in [4.69, 9.17) is 5.73 Å². The number of aryl methyl sites for hydroxylation is 2. The van der Waals surface area contributed by atoms with Gasteiger partial charge in [0.05, 0.1) is 6.20 Å². The number of anilines is 1. The van der Waals surface area contributed by atoms with Crippen LogP contribution >= 0.6 is 0 Å². The van der Waals surface area contributed by atoms with Crippen molar-refractivity contribution in [3.63, 3.8) is 0 Å². The first-order chi connectivity index (χ1) is 9.15. The highest BCUT2D eigenvalue weighted by molar-refractivity contribution is 5.94. The van der Waals surface area contributed by atoms with E-state index in [1.807, 2.05) is 0 Å². The molecule has 0 fully saturated rings. The Bertz CT molecular complexity index is 531. The quantitative estimate of drug-likeness (QED) is 0.757. The Hall–Kier alpha value is -2.44. The number of pyridine rings is 1. The van der Waals surface area contributed by atoms with E-state index in [0.29, 0.717) is 17.9 Å². The summed E-state index contributed by atoms with van der Waals surface area (Å²) in [6.07, 6.45) is 4.20. The largest absolute Gasteiger partial charge is 0.384 e. The molecule has 0 radical (unpaired) electrons. The van der Waals surface area contributed by atoms with E-state index >= 15 is 0 Å². The molecule has 0 unspecified atom stereocenters. The maximum absolute atomic E-state index is 11.9. The molecule has 2 heterocycles. The molecule has 0 atom stereocenters. The fraction of sp³-hybridized carbons (Fsp3) is 0.333. The van der Waals surface area contributed by atoms with Gasteiger partial charge in [0.15, 0.2) is 0 Å². The van der Waals surface area contributed by atoms with E-state index in [2.05, 4.69) is 20.6 Å². The van der Waals surface area contributed by atoms with Crippen LogP contribution in [0.5, 0.6) is 0 Å². The zero-order valence-electron chi connectivity index (χ0n) is 10.7. The molecule has 0 saturated heterocycles. The first kappa shape index (κ1) is 13.0. The highest BCUT2D eigenvalue weighted by Gasteiger charge is 2.06. The smallest absolute Gasteiger partial charge is 0.251 e. The van der Waals surface area contributed by atoms with E-state index in [-0.39, 0.29) is 5.91 Å². The van der Waals surface area contributed by atoms with Crippen LogP contribution in [-0.2, 0) is 6.54 Å². The normalized spacial score (nSPS) is 10.4. The number of aromatic nitrogens is 4. The molecule has 0 spiro atoms. The van der Waals surface area contributed by atoms with E-state index in [1.54, 1.807) is 36.1 Å². The minimum Gasteiger partial charge on any atom is -0.384 e. The first-order valence-electron chi connectivity index (χ1n) is 6.01. The predicted octanol–water partition coefficient (Wildman–Crippen LogP) is 0.384. The van der Waals surface area contributed by atoms with Crippen LogP contribution in [0.4, 0.5) is 5.82 Å². The van der Waals surface area contributed by atoms with Gasteiger partial charge in [-0.3, -0.25) is 9.48 Å². The van der Waals surface area contributed by atoms with Gasteiger partial charge in [-0.15, -0.1) is 5.10 Å². The summed E-state index contributed by atoms with van der Waals surface area (Å²) in [7, 11) is 0. The van der Waals surface area contributed by atoms with Crippen LogP contribution in [-0.4, -0.2) is 32.4 Å². The fourth-order valence-electron chi connectivity index (χ4n) is 1.72. The third-order valence-electron chi connectivity index (χ3n) is 2.56.